The SMILES string of the molecule is O=C(O)CN[C@H](CO)c1ccccc1. The van der Waals surface area contributed by atoms with Gasteiger partial charge in [0.1, 0.15) is 0 Å². The van der Waals surface area contributed by atoms with E-state index in [-0.39, 0.29) is 19.2 Å². The van der Waals surface area contributed by atoms with Crippen LogP contribution in [0.1, 0.15) is 11.6 Å². The Hall–Kier alpha value is -1.39. The lowest BCUT2D eigenvalue weighted by molar-refractivity contribution is -0.136. The first-order chi connectivity index (χ1) is 6.74. The van der Waals surface area contributed by atoms with Gasteiger partial charge in [-0.05, 0) is 5.56 Å². The third kappa shape index (κ3) is 3.16. The Morgan fingerprint density at radius 2 is 2.00 bits per heavy atom. The van der Waals surface area contributed by atoms with E-state index in [1.165, 1.54) is 0 Å². The van der Waals surface area contributed by atoms with Crippen molar-refractivity contribution in [3.8, 4) is 0 Å². The fraction of sp³-hybridized carbons (Fsp3) is 0.300. The van der Waals surface area contributed by atoms with Crippen LogP contribution in [-0.2, 0) is 4.79 Å². The number of hydrogen-bond acceptors (Lipinski definition) is 3. The molecule has 0 aliphatic carbocycles. The molecule has 1 rings (SSSR count). The summed E-state index contributed by atoms with van der Waals surface area (Å²) in [7, 11) is 0. The van der Waals surface area contributed by atoms with Crippen LogP contribution in [0, 0.1) is 0 Å². The van der Waals surface area contributed by atoms with E-state index in [0.717, 1.165) is 5.56 Å². The van der Waals surface area contributed by atoms with Gasteiger partial charge in [-0.3, -0.25) is 10.1 Å². The summed E-state index contributed by atoms with van der Waals surface area (Å²) in [5, 5.41) is 20.2. The van der Waals surface area contributed by atoms with Crippen LogP contribution in [0.5, 0.6) is 0 Å². The molecule has 0 saturated carbocycles. The number of aliphatic hydroxyl groups is 1. The molecule has 0 aliphatic heterocycles. The lowest BCUT2D eigenvalue weighted by Gasteiger charge is -2.14. The van der Waals surface area contributed by atoms with Gasteiger partial charge in [0.2, 0.25) is 0 Å². The Kier molecular flexibility index (Phi) is 4.10. The lowest BCUT2D eigenvalue weighted by Crippen LogP contribution is -2.29. The van der Waals surface area contributed by atoms with Gasteiger partial charge >= 0.3 is 5.97 Å². The number of benzene rings is 1. The zero-order chi connectivity index (χ0) is 10.4. The predicted molar refractivity (Wildman–Crippen MR) is 51.9 cm³/mol. The summed E-state index contributed by atoms with van der Waals surface area (Å²) in [6.07, 6.45) is 0. The highest BCUT2D eigenvalue weighted by molar-refractivity contribution is 5.69. The van der Waals surface area contributed by atoms with Gasteiger partial charge < -0.3 is 10.2 Å². The minimum absolute atomic E-state index is 0.114. The minimum Gasteiger partial charge on any atom is -0.480 e. The van der Waals surface area contributed by atoms with Crippen molar-refractivity contribution in [3.05, 3.63) is 35.9 Å². The molecular formula is C10H13NO3. The topological polar surface area (TPSA) is 69.6 Å². The van der Waals surface area contributed by atoms with E-state index in [0.29, 0.717) is 0 Å². The van der Waals surface area contributed by atoms with Crippen LogP contribution in [0.25, 0.3) is 0 Å². The van der Waals surface area contributed by atoms with Gasteiger partial charge in [-0.2, -0.15) is 0 Å². The van der Waals surface area contributed by atoms with Crippen LogP contribution in [-0.4, -0.2) is 29.3 Å². The molecular weight excluding hydrogens is 182 g/mol. The molecule has 0 spiro atoms. The highest BCUT2D eigenvalue weighted by Crippen LogP contribution is 2.10. The van der Waals surface area contributed by atoms with E-state index in [2.05, 4.69) is 5.32 Å². The van der Waals surface area contributed by atoms with Crippen LogP contribution in [0.4, 0.5) is 0 Å². The monoisotopic (exact) mass is 195 g/mol. The molecule has 1 aromatic rings. The lowest BCUT2D eigenvalue weighted by atomic mass is 10.1. The molecule has 1 atom stereocenters. The second kappa shape index (κ2) is 5.36. The Bertz CT molecular complexity index is 287. The molecule has 0 unspecified atom stereocenters. The number of aliphatic carboxylic acids is 1. The van der Waals surface area contributed by atoms with Crippen LogP contribution < -0.4 is 5.32 Å². The number of aliphatic hydroxyl groups excluding tert-OH is 1. The van der Waals surface area contributed by atoms with E-state index in [9.17, 15) is 4.79 Å². The minimum atomic E-state index is -0.931. The maximum absolute atomic E-state index is 10.3. The fourth-order valence-electron chi connectivity index (χ4n) is 1.18. The Morgan fingerprint density at radius 1 is 1.36 bits per heavy atom. The molecule has 4 nitrogen and oxygen atoms in total. The van der Waals surface area contributed by atoms with Gasteiger partial charge in [0.25, 0.3) is 0 Å². The average Bonchev–Trinajstić information content (AvgIpc) is 2.20. The van der Waals surface area contributed by atoms with Gasteiger partial charge in [-0.25, -0.2) is 0 Å². The molecule has 76 valence electrons. The van der Waals surface area contributed by atoms with Gasteiger partial charge in [-0.1, -0.05) is 30.3 Å². The number of carboxylic acids is 1. The van der Waals surface area contributed by atoms with Crippen molar-refractivity contribution in [2.45, 2.75) is 6.04 Å². The Labute approximate surface area is 82.2 Å². The maximum atomic E-state index is 10.3. The molecule has 0 saturated heterocycles. The number of hydrogen-bond donors (Lipinski definition) is 3. The van der Waals surface area contributed by atoms with E-state index < -0.39 is 5.97 Å². The fourth-order valence-corrected chi connectivity index (χ4v) is 1.18. The summed E-state index contributed by atoms with van der Waals surface area (Å²) < 4.78 is 0. The first kappa shape index (κ1) is 10.7. The van der Waals surface area contributed by atoms with E-state index in [1.807, 2.05) is 30.3 Å². The second-order valence-electron chi connectivity index (χ2n) is 2.92. The van der Waals surface area contributed by atoms with Crippen molar-refractivity contribution in [1.29, 1.82) is 0 Å². The quantitative estimate of drug-likeness (QED) is 0.636. The standard InChI is InChI=1S/C10H13NO3/c12-7-9(11-6-10(13)14)8-4-2-1-3-5-8/h1-5,9,11-12H,6-7H2,(H,13,14)/t9-/m1/s1. The molecule has 0 radical (unpaired) electrons. The maximum Gasteiger partial charge on any atom is 0.317 e. The highest BCUT2D eigenvalue weighted by Gasteiger charge is 2.09. The summed E-state index contributed by atoms with van der Waals surface area (Å²) in [4.78, 5) is 10.3. The normalized spacial score (nSPS) is 12.4. The first-order valence-corrected chi connectivity index (χ1v) is 4.35. The summed E-state index contributed by atoms with van der Waals surface area (Å²) in [6, 6.07) is 8.94. The van der Waals surface area contributed by atoms with Gasteiger partial charge in [0, 0.05) is 0 Å². The number of nitrogens with one attached hydrogen (secondary N) is 1. The van der Waals surface area contributed by atoms with Crippen LogP contribution in [0.3, 0.4) is 0 Å². The number of rotatable bonds is 5. The molecule has 0 aliphatic rings. The first-order valence-electron chi connectivity index (χ1n) is 4.35. The zero-order valence-electron chi connectivity index (χ0n) is 7.68. The summed E-state index contributed by atoms with van der Waals surface area (Å²) in [5.74, 6) is -0.931. The van der Waals surface area contributed by atoms with Gasteiger partial charge in [0.15, 0.2) is 0 Å². The molecule has 0 aromatic heterocycles. The summed E-state index contributed by atoms with van der Waals surface area (Å²) in [6.45, 7) is -0.266. The molecule has 1 aromatic carbocycles. The summed E-state index contributed by atoms with van der Waals surface area (Å²) in [5.41, 5.74) is 0.885. The van der Waals surface area contributed by atoms with E-state index in [1.54, 1.807) is 0 Å². The van der Waals surface area contributed by atoms with Crippen molar-refractivity contribution in [1.82, 2.24) is 5.32 Å². The van der Waals surface area contributed by atoms with Crippen molar-refractivity contribution >= 4 is 5.97 Å². The van der Waals surface area contributed by atoms with Crippen molar-refractivity contribution in [2.75, 3.05) is 13.2 Å². The molecule has 0 amide bonds. The summed E-state index contributed by atoms with van der Waals surface area (Å²) >= 11 is 0. The van der Waals surface area contributed by atoms with Crippen molar-refractivity contribution in [2.24, 2.45) is 0 Å². The molecule has 14 heavy (non-hydrogen) atoms. The van der Waals surface area contributed by atoms with Crippen molar-refractivity contribution in [3.63, 3.8) is 0 Å². The smallest absolute Gasteiger partial charge is 0.317 e. The number of carbonyl (C=O) groups is 1. The Balaban J connectivity index is 2.58. The highest BCUT2D eigenvalue weighted by atomic mass is 16.4. The molecule has 0 heterocycles. The largest absolute Gasteiger partial charge is 0.480 e. The predicted octanol–water partition coefficient (Wildman–Crippen LogP) is 0.394. The second-order valence-corrected chi connectivity index (χ2v) is 2.92. The molecule has 3 N–H and O–H groups in total. The average molecular weight is 195 g/mol. The van der Waals surface area contributed by atoms with Crippen LogP contribution in [0.15, 0.2) is 30.3 Å². The molecule has 4 heteroatoms. The van der Waals surface area contributed by atoms with Crippen LogP contribution in [0.2, 0.25) is 0 Å². The van der Waals surface area contributed by atoms with Crippen LogP contribution >= 0.6 is 0 Å². The third-order valence-electron chi connectivity index (χ3n) is 1.88. The van der Waals surface area contributed by atoms with Crippen molar-refractivity contribution < 1.29 is 15.0 Å². The third-order valence-corrected chi connectivity index (χ3v) is 1.88. The van der Waals surface area contributed by atoms with E-state index >= 15 is 0 Å². The number of carboxylic acid groups (broad SMARTS) is 1. The molecule has 0 fully saturated rings. The Morgan fingerprint density at radius 3 is 2.50 bits per heavy atom. The zero-order valence-corrected chi connectivity index (χ0v) is 7.68. The van der Waals surface area contributed by atoms with Gasteiger partial charge in [0.05, 0.1) is 19.2 Å². The molecule has 0 bridgehead atoms. The van der Waals surface area contributed by atoms with E-state index in [4.69, 9.17) is 10.2 Å². The van der Waals surface area contributed by atoms with Gasteiger partial charge in [-0.15, -0.1) is 0 Å².